The summed E-state index contributed by atoms with van der Waals surface area (Å²) in [4.78, 5) is 4.02. The minimum Gasteiger partial charge on any atom is -0.380 e. The van der Waals surface area contributed by atoms with Gasteiger partial charge >= 0.3 is 0 Å². The Kier molecular flexibility index (Phi) is 5.02. The van der Waals surface area contributed by atoms with E-state index >= 15 is 0 Å². The number of hydrogen-bond donors (Lipinski definition) is 1. The van der Waals surface area contributed by atoms with Gasteiger partial charge in [-0.3, -0.25) is 0 Å². The zero-order valence-corrected chi connectivity index (χ0v) is 10.1. The fraction of sp³-hybridized carbons (Fsp3) is 0.545. The van der Waals surface area contributed by atoms with Crippen molar-refractivity contribution in [2.24, 2.45) is 0 Å². The summed E-state index contributed by atoms with van der Waals surface area (Å²) >= 11 is 5.70. The molecule has 4 heteroatoms. The first kappa shape index (κ1) is 12.4. The van der Waals surface area contributed by atoms with Gasteiger partial charge in [0.25, 0.3) is 0 Å². The zero-order valence-electron chi connectivity index (χ0n) is 9.33. The lowest BCUT2D eigenvalue weighted by atomic mass is 10.2. The average Bonchev–Trinajstić information content (AvgIpc) is 2.26. The Bertz CT molecular complexity index is 289. The van der Waals surface area contributed by atoms with E-state index in [1.807, 2.05) is 13.0 Å². The molecule has 1 N–H and O–H groups in total. The molecule has 0 aliphatic carbocycles. The van der Waals surface area contributed by atoms with Crippen LogP contribution in [-0.4, -0.2) is 24.2 Å². The lowest BCUT2D eigenvalue weighted by Gasteiger charge is -2.19. The van der Waals surface area contributed by atoms with Gasteiger partial charge in [0.1, 0.15) is 5.15 Å². The standard InChI is InChI=1S/C11H17ClN2O/c1-8(9(2)15-3)13-6-10-4-5-11(12)14-7-10/h4-5,7-9,13H,6H2,1-3H3. The van der Waals surface area contributed by atoms with Crippen LogP contribution in [0.3, 0.4) is 0 Å². The molecule has 0 fully saturated rings. The lowest BCUT2D eigenvalue weighted by molar-refractivity contribution is 0.0882. The molecule has 0 aliphatic rings. The highest BCUT2D eigenvalue weighted by Gasteiger charge is 2.09. The molecule has 0 radical (unpaired) electrons. The summed E-state index contributed by atoms with van der Waals surface area (Å²) in [6.45, 7) is 4.91. The molecule has 1 rings (SSSR count). The third kappa shape index (κ3) is 4.16. The summed E-state index contributed by atoms with van der Waals surface area (Å²) in [7, 11) is 1.71. The number of nitrogens with one attached hydrogen (secondary N) is 1. The average molecular weight is 229 g/mol. The maximum Gasteiger partial charge on any atom is 0.129 e. The van der Waals surface area contributed by atoms with Crippen LogP contribution in [0.25, 0.3) is 0 Å². The summed E-state index contributed by atoms with van der Waals surface area (Å²) in [6.07, 6.45) is 1.98. The van der Waals surface area contributed by atoms with E-state index in [1.165, 1.54) is 0 Å². The zero-order chi connectivity index (χ0) is 11.3. The Morgan fingerprint density at radius 3 is 2.73 bits per heavy atom. The number of halogens is 1. The van der Waals surface area contributed by atoms with E-state index in [9.17, 15) is 0 Å². The SMILES string of the molecule is COC(C)C(C)NCc1ccc(Cl)nc1. The molecule has 0 bridgehead atoms. The molecule has 2 atom stereocenters. The molecule has 1 heterocycles. The van der Waals surface area contributed by atoms with Crippen LogP contribution in [0.5, 0.6) is 0 Å². The molecule has 3 nitrogen and oxygen atoms in total. The predicted octanol–water partition coefficient (Wildman–Crippen LogP) is 2.25. The second-order valence-corrected chi connectivity index (χ2v) is 3.99. The van der Waals surface area contributed by atoms with Crippen LogP contribution in [0, 0.1) is 0 Å². The highest BCUT2D eigenvalue weighted by Crippen LogP contribution is 2.05. The van der Waals surface area contributed by atoms with Gasteiger partial charge in [0.15, 0.2) is 0 Å². The van der Waals surface area contributed by atoms with E-state index in [4.69, 9.17) is 16.3 Å². The molecule has 1 aromatic rings. The van der Waals surface area contributed by atoms with Gasteiger partial charge in [0.2, 0.25) is 0 Å². The van der Waals surface area contributed by atoms with Crippen molar-refractivity contribution in [3.05, 3.63) is 29.0 Å². The molecule has 15 heavy (non-hydrogen) atoms. The highest BCUT2D eigenvalue weighted by atomic mass is 35.5. The fourth-order valence-electron chi connectivity index (χ4n) is 1.16. The first-order chi connectivity index (χ1) is 7.13. The maximum atomic E-state index is 5.70. The lowest BCUT2D eigenvalue weighted by Crippen LogP contribution is -2.36. The molecule has 2 unspecified atom stereocenters. The van der Waals surface area contributed by atoms with Gasteiger partial charge in [-0.15, -0.1) is 0 Å². The van der Waals surface area contributed by atoms with Crippen LogP contribution >= 0.6 is 11.6 Å². The van der Waals surface area contributed by atoms with E-state index in [0.29, 0.717) is 11.2 Å². The Hall–Kier alpha value is -0.640. The van der Waals surface area contributed by atoms with Crippen molar-refractivity contribution in [1.29, 1.82) is 0 Å². The van der Waals surface area contributed by atoms with E-state index in [0.717, 1.165) is 12.1 Å². The van der Waals surface area contributed by atoms with Gasteiger partial charge in [-0.25, -0.2) is 4.98 Å². The molecule has 0 spiro atoms. The van der Waals surface area contributed by atoms with Crippen LogP contribution in [0.2, 0.25) is 5.15 Å². The van der Waals surface area contributed by atoms with Gasteiger partial charge in [0.05, 0.1) is 6.10 Å². The van der Waals surface area contributed by atoms with Gasteiger partial charge in [0, 0.05) is 25.9 Å². The van der Waals surface area contributed by atoms with Gasteiger partial charge in [-0.05, 0) is 25.5 Å². The van der Waals surface area contributed by atoms with E-state index in [-0.39, 0.29) is 6.10 Å². The van der Waals surface area contributed by atoms with E-state index in [1.54, 1.807) is 19.4 Å². The number of hydrogen-bond acceptors (Lipinski definition) is 3. The molecule has 0 aliphatic heterocycles. The van der Waals surface area contributed by atoms with Crippen LogP contribution in [0.15, 0.2) is 18.3 Å². The third-order valence-electron chi connectivity index (χ3n) is 2.49. The molecule has 0 saturated carbocycles. The minimum absolute atomic E-state index is 0.199. The molecular weight excluding hydrogens is 212 g/mol. The largest absolute Gasteiger partial charge is 0.380 e. The van der Waals surface area contributed by atoms with Crippen molar-refractivity contribution in [1.82, 2.24) is 10.3 Å². The topological polar surface area (TPSA) is 34.1 Å². The first-order valence-electron chi connectivity index (χ1n) is 5.00. The van der Waals surface area contributed by atoms with Gasteiger partial charge in [-0.2, -0.15) is 0 Å². The van der Waals surface area contributed by atoms with Crippen molar-refractivity contribution in [3.8, 4) is 0 Å². The second kappa shape index (κ2) is 6.05. The van der Waals surface area contributed by atoms with Gasteiger partial charge < -0.3 is 10.1 Å². The molecule has 0 aromatic carbocycles. The monoisotopic (exact) mass is 228 g/mol. The molecule has 0 amide bonds. The van der Waals surface area contributed by atoms with Crippen molar-refractivity contribution in [2.45, 2.75) is 32.5 Å². The van der Waals surface area contributed by atoms with E-state index < -0.39 is 0 Å². The Balaban J connectivity index is 2.40. The van der Waals surface area contributed by atoms with Crippen molar-refractivity contribution >= 4 is 11.6 Å². The van der Waals surface area contributed by atoms with Crippen LogP contribution in [-0.2, 0) is 11.3 Å². The third-order valence-corrected chi connectivity index (χ3v) is 2.72. The van der Waals surface area contributed by atoms with E-state index in [2.05, 4.69) is 17.2 Å². The molecule has 1 aromatic heterocycles. The summed E-state index contributed by atoms with van der Waals surface area (Å²) in [5, 5.41) is 3.89. The number of rotatable bonds is 5. The summed E-state index contributed by atoms with van der Waals surface area (Å²) in [6, 6.07) is 4.07. The van der Waals surface area contributed by atoms with Crippen molar-refractivity contribution in [2.75, 3.05) is 7.11 Å². The van der Waals surface area contributed by atoms with Crippen LogP contribution < -0.4 is 5.32 Å². The van der Waals surface area contributed by atoms with Gasteiger partial charge in [-0.1, -0.05) is 17.7 Å². The van der Waals surface area contributed by atoms with Crippen LogP contribution in [0.1, 0.15) is 19.4 Å². The number of ether oxygens (including phenoxy) is 1. The number of pyridine rings is 1. The van der Waals surface area contributed by atoms with Crippen LogP contribution in [0.4, 0.5) is 0 Å². The Morgan fingerprint density at radius 2 is 2.20 bits per heavy atom. The number of methoxy groups -OCH3 is 1. The summed E-state index contributed by atoms with van der Waals surface area (Å²) < 4.78 is 5.22. The maximum absolute atomic E-state index is 5.70. The highest BCUT2D eigenvalue weighted by molar-refractivity contribution is 6.29. The first-order valence-corrected chi connectivity index (χ1v) is 5.38. The predicted molar refractivity (Wildman–Crippen MR) is 62.0 cm³/mol. The molecule has 0 saturated heterocycles. The summed E-state index contributed by atoms with van der Waals surface area (Å²) in [5.74, 6) is 0. The number of nitrogens with zero attached hydrogens (tertiary/aromatic N) is 1. The Labute approximate surface area is 95.8 Å². The fourth-order valence-corrected chi connectivity index (χ4v) is 1.27. The quantitative estimate of drug-likeness (QED) is 0.785. The van der Waals surface area contributed by atoms with Crippen molar-refractivity contribution in [3.63, 3.8) is 0 Å². The normalized spacial score (nSPS) is 14.9. The Morgan fingerprint density at radius 1 is 1.47 bits per heavy atom. The second-order valence-electron chi connectivity index (χ2n) is 3.60. The summed E-state index contributed by atoms with van der Waals surface area (Å²) in [5.41, 5.74) is 1.12. The smallest absolute Gasteiger partial charge is 0.129 e. The molecule has 84 valence electrons. The van der Waals surface area contributed by atoms with Crippen molar-refractivity contribution < 1.29 is 4.74 Å². The minimum atomic E-state index is 0.199. The number of aromatic nitrogens is 1. The molecular formula is C11H17ClN2O.